The van der Waals surface area contributed by atoms with Gasteiger partial charge in [0, 0.05) is 6.04 Å². The van der Waals surface area contributed by atoms with Crippen LogP contribution in [0, 0.1) is 0 Å². The van der Waals surface area contributed by atoms with Gasteiger partial charge in [0.2, 0.25) is 10.9 Å². The fourth-order valence-electron chi connectivity index (χ4n) is 2.31. The number of ether oxygens (including phenoxy) is 1. The lowest BCUT2D eigenvalue weighted by Crippen LogP contribution is -2.29. The van der Waals surface area contributed by atoms with E-state index in [0.717, 1.165) is 0 Å². The number of carbonyl (C=O) groups excluding carboxylic acids is 1. The van der Waals surface area contributed by atoms with E-state index in [1.165, 1.54) is 12.1 Å². The lowest BCUT2D eigenvalue weighted by molar-refractivity contribution is -0.119. The Balaban J connectivity index is 1.87. The Morgan fingerprint density at radius 3 is 2.71 bits per heavy atom. The van der Waals surface area contributed by atoms with E-state index in [9.17, 15) is 13.2 Å². The number of carbonyl (C=O) groups is 1. The summed E-state index contributed by atoms with van der Waals surface area (Å²) in [4.78, 5) is 15.2. The third kappa shape index (κ3) is 4.38. The van der Waals surface area contributed by atoms with Crippen LogP contribution in [0.25, 0.3) is 23.0 Å². The number of amides is 1. The fourth-order valence-corrected chi connectivity index (χ4v) is 3.49. The van der Waals surface area contributed by atoms with Crippen LogP contribution in [0.2, 0.25) is 0 Å². The second-order valence-corrected chi connectivity index (χ2v) is 7.71. The highest BCUT2D eigenvalue weighted by Gasteiger charge is 2.23. The van der Waals surface area contributed by atoms with Crippen molar-refractivity contribution in [1.29, 1.82) is 0 Å². The minimum absolute atomic E-state index is 0.00861. The normalized spacial score (nSPS) is 11.7. The molecule has 0 saturated carbocycles. The first-order chi connectivity index (χ1) is 13.3. The van der Waals surface area contributed by atoms with E-state index in [2.05, 4.69) is 14.9 Å². The molecule has 0 unspecified atom stereocenters. The summed E-state index contributed by atoms with van der Waals surface area (Å²) in [5, 5.41) is 3.60. The van der Waals surface area contributed by atoms with Crippen LogP contribution in [0.15, 0.2) is 50.4 Å². The highest BCUT2D eigenvalue weighted by atomic mass is 32.2. The van der Waals surface area contributed by atoms with E-state index in [1.807, 2.05) is 0 Å². The summed E-state index contributed by atoms with van der Waals surface area (Å²) in [6.07, 6.45) is 0. The highest BCUT2D eigenvalue weighted by Crippen LogP contribution is 2.30. The molecule has 2 heterocycles. The van der Waals surface area contributed by atoms with Gasteiger partial charge in [-0.05, 0) is 38.1 Å². The van der Waals surface area contributed by atoms with Gasteiger partial charge in [0.25, 0.3) is 21.8 Å². The van der Waals surface area contributed by atoms with E-state index in [0.29, 0.717) is 11.3 Å². The summed E-state index contributed by atoms with van der Waals surface area (Å²) >= 11 is 0. The molecule has 3 N–H and O–H groups in total. The van der Waals surface area contributed by atoms with Crippen LogP contribution < -0.4 is 15.2 Å². The largest absolute Gasteiger partial charge is 0.483 e. The number of sulfonamides is 1. The zero-order valence-corrected chi connectivity index (χ0v) is 15.9. The van der Waals surface area contributed by atoms with Gasteiger partial charge in [-0.3, -0.25) is 4.79 Å². The average Bonchev–Trinajstić information content (AvgIpc) is 3.28. The number of hydrogen-bond donors (Lipinski definition) is 2. The molecule has 0 fully saturated rings. The second kappa shape index (κ2) is 7.82. The molecule has 148 valence electrons. The molecule has 1 aromatic carbocycles. The standard InChI is InChI=1S/C17H18N4O6S/c1-10(2)21-28(23,24)15-8-7-13(26-15)17-19-16(20-27-17)11-5-3-4-6-12(11)25-9-14(18)22/h3-8,10,21H,9H2,1-2H3,(H2,18,22). The van der Waals surface area contributed by atoms with E-state index in [-0.39, 0.29) is 35.2 Å². The number of nitrogens with two attached hydrogens (primary N) is 1. The highest BCUT2D eigenvalue weighted by molar-refractivity contribution is 7.89. The summed E-state index contributed by atoms with van der Waals surface area (Å²) in [5.41, 5.74) is 5.57. The van der Waals surface area contributed by atoms with Gasteiger partial charge in [0.05, 0.1) is 5.56 Å². The van der Waals surface area contributed by atoms with E-state index in [1.54, 1.807) is 38.1 Å². The zero-order chi connectivity index (χ0) is 20.3. The fraction of sp³-hybridized carbons (Fsp3) is 0.235. The van der Waals surface area contributed by atoms with E-state index < -0.39 is 15.9 Å². The molecule has 0 aliphatic carbocycles. The summed E-state index contributed by atoms with van der Waals surface area (Å²) in [6.45, 7) is 3.09. The molecular weight excluding hydrogens is 388 g/mol. The van der Waals surface area contributed by atoms with Crippen molar-refractivity contribution in [3.63, 3.8) is 0 Å². The number of para-hydroxylation sites is 1. The van der Waals surface area contributed by atoms with Gasteiger partial charge in [0.15, 0.2) is 12.4 Å². The number of rotatable bonds is 8. The maximum Gasteiger partial charge on any atom is 0.294 e. The third-order valence-electron chi connectivity index (χ3n) is 3.37. The molecule has 0 bridgehead atoms. The van der Waals surface area contributed by atoms with Crippen molar-refractivity contribution in [3.8, 4) is 28.8 Å². The van der Waals surface area contributed by atoms with Crippen LogP contribution in [0.4, 0.5) is 0 Å². The smallest absolute Gasteiger partial charge is 0.294 e. The number of nitrogens with one attached hydrogen (secondary N) is 1. The van der Waals surface area contributed by atoms with Gasteiger partial charge >= 0.3 is 0 Å². The quantitative estimate of drug-likeness (QED) is 0.572. The Bertz CT molecular complexity index is 1090. The predicted octanol–water partition coefficient (Wildman–Crippen LogP) is 1.55. The molecular formula is C17H18N4O6S. The minimum atomic E-state index is -3.78. The van der Waals surface area contributed by atoms with Crippen molar-refractivity contribution >= 4 is 15.9 Å². The van der Waals surface area contributed by atoms with E-state index >= 15 is 0 Å². The zero-order valence-electron chi connectivity index (χ0n) is 15.1. The monoisotopic (exact) mass is 406 g/mol. The van der Waals surface area contributed by atoms with Gasteiger partial charge in [0.1, 0.15) is 5.75 Å². The van der Waals surface area contributed by atoms with Crippen LogP contribution in [-0.2, 0) is 14.8 Å². The molecule has 11 heteroatoms. The maximum absolute atomic E-state index is 12.2. The van der Waals surface area contributed by atoms with Gasteiger partial charge in [-0.15, -0.1) is 0 Å². The van der Waals surface area contributed by atoms with Gasteiger partial charge < -0.3 is 19.4 Å². The molecule has 1 amide bonds. The van der Waals surface area contributed by atoms with Crippen molar-refractivity contribution in [2.24, 2.45) is 5.73 Å². The van der Waals surface area contributed by atoms with Crippen molar-refractivity contribution < 1.29 is 26.9 Å². The van der Waals surface area contributed by atoms with Crippen molar-refractivity contribution in [1.82, 2.24) is 14.9 Å². The van der Waals surface area contributed by atoms with Gasteiger partial charge in [-0.25, -0.2) is 13.1 Å². The third-order valence-corrected chi connectivity index (χ3v) is 4.90. The molecule has 28 heavy (non-hydrogen) atoms. The van der Waals surface area contributed by atoms with Gasteiger partial charge in [-0.2, -0.15) is 4.98 Å². The molecule has 0 saturated heterocycles. The topological polar surface area (TPSA) is 151 Å². The van der Waals surface area contributed by atoms with Crippen LogP contribution in [0.3, 0.4) is 0 Å². The molecule has 0 atom stereocenters. The number of furan rings is 1. The van der Waals surface area contributed by atoms with Crippen molar-refractivity contribution in [2.45, 2.75) is 25.0 Å². The molecule has 0 aliphatic rings. The molecule has 3 rings (SSSR count). The Morgan fingerprint density at radius 1 is 1.25 bits per heavy atom. The van der Waals surface area contributed by atoms with Crippen LogP contribution >= 0.6 is 0 Å². The lowest BCUT2D eigenvalue weighted by Gasteiger charge is -2.06. The Morgan fingerprint density at radius 2 is 2.00 bits per heavy atom. The van der Waals surface area contributed by atoms with E-state index in [4.69, 9.17) is 19.4 Å². The molecule has 0 radical (unpaired) electrons. The number of nitrogens with zero attached hydrogens (tertiary/aromatic N) is 2. The molecule has 3 aromatic rings. The predicted molar refractivity (Wildman–Crippen MR) is 97.6 cm³/mol. The molecule has 10 nitrogen and oxygen atoms in total. The maximum atomic E-state index is 12.2. The SMILES string of the molecule is CC(C)NS(=O)(=O)c1ccc(-c2nc(-c3ccccc3OCC(N)=O)no2)o1. The van der Waals surface area contributed by atoms with Crippen LogP contribution in [0.1, 0.15) is 13.8 Å². The van der Waals surface area contributed by atoms with Crippen LogP contribution in [0.5, 0.6) is 5.75 Å². The van der Waals surface area contributed by atoms with Crippen molar-refractivity contribution in [3.05, 3.63) is 36.4 Å². The minimum Gasteiger partial charge on any atom is -0.483 e. The average molecular weight is 406 g/mol. The first kappa shape index (κ1) is 19.6. The molecule has 0 aliphatic heterocycles. The number of benzene rings is 1. The first-order valence-electron chi connectivity index (χ1n) is 8.23. The number of aromatic nitrogens is 2. The van der Waals surface area contributed by atoms with Crippen LogP contribution in [-0.4, -0.2) is 37.1 Å². The lowest BCUT2D eigenvalue weighted by atomic mass is 10.2. The molecule has 0 spiro atoms. The second-order valence-electron chi connectivity index (χ2n) is 6.07. The number of primary amides is 1. The Kier molecular flexibility index (Phi) is 5.47. The summed E-state index contributed by atoms with van der Waals surface area (Å²) < 4.78 is 42.6. The summed E-state index contributed by atoms with van der Waals surface area (Å²) in [5.74, 6) is -0.0132. The summed E-state index contributed by atoms with van der Waals surface area (Å²) in [7, 11) is -3.78. The Labute approximate surface area is 160 Å². The Hall–Kier alpha value is -3.18. The first-order valence-corrected chi connectivity index (χ1v) is 9.71. The van der Waals surface area contributed by atoms with Crippen molar-refractivity contribution in [2.75, 3.05) is 6.61 Å². The van der Waals surface area contributed by atoms with Gasteiger partial charge in [-0.1, -0.05) is 17.3 Å². The summed E-state index contributed by atoms with van der Waals surface area (Å²) in [6, 6.07) is 9.18. The number of hydrogen-bond acceptors (Lipinski definition) is 8. The molecule has 2 aromatic heterocycles.